The molecule has 1 aromatic heterocycles. The van der Waals surface area contributed by atoms with Gasteiger partial charge in [-0.15, -0.1) is 5.10 Å². The molecule has 0 fully saturated rings. The van der Waals surface area contributed by atoms with E-state index in [1.54, 1.807) is 0 Å². The third-order valence-corrected chi connectivity index (χ3v) is 2.78. The molecule has 1 aromatic carbocycles. The van der Waals surface area contributed by atoms with Gasteiger partial charge in [-0.1, -0.05) is 23.7 Å². The van der Waals surface area contributed by atoms with Crippen LogP contribution in [0.25, 0.3) is 0 Å². The number of anilines is 1. The highest BCUT2D eigenvalue weighted by Gasteiger charge is 2.05. The lowest BCUT2D eigenvalue weighted by Crippen LogP contribution is -2.08. The highest BCUT2D eigenvalue weighted by Crippen LogP contribution is 2.19. The summed E-state index contributed by atoms with van der Waals surface area (Å²) < 4.78 is 0. The van der Waals surface area contributed by atoms with E-state index in [4.69, 9.17) is 11.6 Å². The molecule has 1 atom stereocenters. The third-order valence-electron chi connectivity index (χ3n) is 2.53. The van der Waals surface area contributed by atoms with Crippen LogP contribution in [-0.2, 0) is 0 Å². The van der Waals surface area contributed by atoms with Crippen molar-refractivity contribution in [2.24, 2.45) is 0 Å². The molecule has 0 saturated carbocycles. The second-order valence-electron chi connectivity index (χ2n) is 3.98. The van der Waals surface area contributed by atoms with E-state index in [-0.39, 0.29) is 6.04 Å². The molecule has 0 aliphatic rings. The Morgan fingerprint density at radius 3 is 2.35 bits per heavy atom. The SMILES string of the molecule is Cc1ccc(N[C@@H](C)c2ccc(Cl)cc2)nn1. The highest BCUT2D eigenvalue weighted by atomic mass is 35.5. The molecule has 88 valence electrons. The second-order valence-corrected chi connectivity index (χ2v) is 4.41. The summed E-state index contributed by atoms with van der Waals surface area (Å²) in [6.45, 7) is 3.99. The molecule has 0 amide bonds. The smallest absolute Gasteiger partial charge is 0.149 e. The standard InChI is InChI=1S/C13H14ClN3/c1-9-3-8-13(17-16-9)15-10(2)11-4-6-12(14)7-5-11/h3-8,10H,1-2H3,(H,15,17)/t10-/m0/s1. The van der Waals surface area contributed by atoms with E-state index in [1.807, 2.05) is 43.3 Å². The molecule has 0 saturated heterocycles. The van der Waals surface area contributed by atoms with Gasteiger partial charge in [0, 0.05) is 5.02 Å². The van der Waals surface area contributed by atoms with Gasteiger partial charge >= 0.3 is 0 Å². The Hall–Kier alpha value is -1.61. The van der Waals surface area contributed by atoms with Crippen molar-refractivity contribution < 1.29 is 0 Å². The maximum absolute atomic E-state index is 5.85. The number of nitrogens with zero attached hydrogens (tertiary/aromatic N) is 2. The number of aryl methyl sites for hydroxylation is 1. The molecule has 17 heavy (non-hydrogen) atoms. The lowest BCUT2D eigenvalue weighted by atomic mass is 10.1. The van der Waals surface area contributed by atoms with Gasteiger partial charge in [0.2, 0.25) is 0 Å². The molecular formula is C13H14ClN3. The average Bonchev–Trinajstić information content (AvgIpc) is 2.33. The predicted octanol–water partition coefficient (Wildman–Crippen LogP) is 3.61. The van der Waals surface area contributed by atoms with Crippen LogP contribution in [-0.4, -0.2) is 10.2 Å². The van der Waals surface area contributed by atoms with Crippen molar-refractivity contribution in [3.63, 3.8) is 0 Å². The zero-order valence-electron chi connectivity index (χ0n) is 9.81. The number of hydrogen-bond acceptors (Lipinski definition) is 3. The van der Waals surface area contributed by atoms with E-state index in [1.165, 1.54) is 0 Å². The fourth-order valence-electron chi connectivity index (χ4n) is 1.53. The van der Waals surface area contributed by atoms with Crippen molar-refractivity contribution in [2.75, 3.05) is 5.32 Å². The van der Waals surface area contributed by atoms with Crippen molar-refractivity contribution in [2.45, 2.75) is 19.9 Å². The van der Waals surface area contributed by atoms with Crippen molar-refractivity contribution >= 4 is 17.4 Å². The van der Waals surface area contributed by atoms with E-state index in [0.29, 0.717) is 0 Å². The van der Waals surface area contributed by atoms with Gasteiger partial charge in [-0.3, -0.25) is 0 Å². The summed E-state index contributed by atoms with van der Waals surface area (Å²) in [5.74, 6) is 0.776. The Balaban J connectivity index is 2.08. The van der Waals surface area contributed by atoms with Crippen LogP contribution in [0.4, 0.5) is 5.82 Å². The molecule has 3 nitrogen and oxygen atoms in total. The number of hydrogen-bond donors (Lipinski definition) is 1. The Labute approximate surface area is 106 Å². The molecule has 1 heterocycles. The molecular weight excluding hydrogens is 234 g/mol. The van der Waals surface area contributed by atoms with Gasteiger partial charge in [-0.05, 0) is 43.7 Å². The normalized spacial score (nSPS) is 12.2. The van der Waals surface area contributed by atoms with Crippen LogP contribution in [0.3, 0.4) is 0 Å². The zero-order valence-corrected chi connectivity index (χ0v) is 10.6. The summed E-state index contributed by atoms with van der Waals surface area (Å²) >= 11 is 5.85. The highest BCUT2D eigenvalue weighted by molar-refractivity contribution is 6.30. The molecule has 1 N–H and O–H groups in total. The fourth-order valence-corrected chi connectivity index (χ4v) is 1.66. The number of nitrogens with one attached hydrogen (secondary N) is 1. The van der Waals surface area contributed by atoms with E-state index >= 15 is 0 Å². The number of rotatable bonds is 3. The molecule has 0 aliphatic heterocycles. The largest absolute Gasteiger partial charge is 0.362 e. The van der Waals surface area contributed by atoms with Crippen molar-refractivity contribution in [3.8, 4) is 0 Å². The topological polar surface area (TPSA) is 37.8 Å². The molecule has 0 bridgehead atoms. The van der Waals surface area contributed by atoms with E-state index < -0.39 is 0 Å². The van der Waals surface area contributed by atoms with E-state index in [9.17, 15) is 0 Å². The minimum atomic E-state index is 0.171. The van der Waals surface area contributed by atoms with Gasteiger partial charge in [0.05, 0.1) is 11.7 Å². The Morgan fingerprint density at radius 1 is 1.06 bits per heavy atom. The first-order valence-corrected chi connectivity index (χ1v) is 5.85. The van der Waals surface area contributed by atoms with Gasteiger partial charge in [0.15, 0.2) is 0 Å². The molecule has 4 heteroatoms. The first-order chi connectivity index (χ1) is 8.15. The lowest BCUT2D eigenvalue weighted by molar-refractivity contribution is 0.855. The monoisotopic (exact) mass is 247 g/mol. The summed E-state index contributed by atoms with van der Waals surface area (Å²) in [7, 11) is 0. The molecule has 0 aliphatic carbocycles. The van der Waals surface area contributed by atoms with Crippen LogP contribution >= 0.6 is 11.6 Å². The van der Waals surface area contributed by atoms with Crippen molar-refractivity contribution in [1.29, 1.82) is 0 Å². The summed E-state index contributed by atoms with van der Waals surface area (Å²) in [5.41, 5.74) is 2.08. The first kappa shape index (κ1) is 11.9. The summed E-state index contributed by atoms with van der Waals surface area (Å²) in [6, 6.07) is 11.8. The van der Waals surface area contributed by atoms with Gasteiger partial charge in [0.1, 0.15) is 5.82 Å². The van der Waals surface area contributed by atoms with Gasteiger partial charge in [-0.2, -0.15) is 5.10 Å². The fraction of sp³-hybridized carbons (Fsp3) is 0.231. The molecule has 0 spiro atoms. The number of halogens is 1. The Bertz CT molecular complexity index is 479. The summed E-state index contributed by atoms with van der Waals surface area (Å²) in [4.78, 5) is 0. The minimum absolute atomic E-state index is 0.171. The van der Waals surface area contributed by atoms with Crippen LogP contribution in [0.2, 0.25) is 5.02 Å². The second kappa shape index (κ2) is 5.15. The lowest BCUT2D eigenvalue weighted by Gasteiger charge is -2.14. The van der Waals surface area contributed by atoms with Gasteiger partial charge in [0.25, 0.3) is 0 Å². The maximum Gasteiger partial charge on any atom is 0.149 e. The maximum atomic E-state index is 5.85. The Kier molecular flexibility index (Phi) is 3.59. The van der Waals surface area contributed by atoms with Crippen LogP contribution in [0.1, 0.15) is 24.2 Å². The van der Waals surface area contributed by atoms with Crippen LogP contribution < -0.4 is 5.32 Å². The first-order valence-electron chi connectivity index (χ1n) is 5.47. The summed E-state index contributed by atoms with van der Waals surface area (Å²) in [5, 5.41) is 12.1. The minimum Gasteiger partial charge on any atom is -0.362 e. The molecule has 0 unspecified atom stereocenters. The zero-order chi connectivity index (χ0) is 12.3. The molecule has 2 rings (SSSR count). The average molecular weight is 248 g/mol. The van der Waals surface area contributed by atoms with Crippen molar-refractivity contribution in [3.05, 3.63) is 52.7 Å². The number of aromatic nitrogens is 2. The van der Waals surface area contributed by atoms with Crippen LogP contribution in [0.5, 0.6) is 0 Å². The van der Waals surface area contributed by atoms with Crippen LogP contribution in [0.15, 0.2) is 36.4 Å². The van der Waals surface area contributed by atoms with Gasteiger partial charge in [-0.25, -0.2) is 0 Å². The van der Waals surface area contributed by atoms with E-state index in [2.05, 4.69) is 22.4 Å². The quantitative estimate of drug-likeness (QED) is 0.900. The predicted molar refractivity (Wildman–Crippen MR) is 70.3 cm³/mol. The van der Waals surface area contributed by atoms with E-state index in [0.717, 1.165) is 22.1 Å². The summed E-state index contributed by atoms with van der Waals surface area (Å²) in [6.07, 6.45) is 0. The number of benzene rings is 1. The van der Waals surface area contributed by atoms with Crippen LogP contribution in [0, 0.1) is 6.92 Å². The molecule has 2 aromatic rings. The van der Waals surface area contributed by atoms with Crippen molar-refractivity contribution in [1.82, 2.24) is 10.2 Å². The Morgan fingerprint density at radius 2 is 1.76 bits per heavy atom. The molecule has 0 radical (unpaired) electrons. The van der Waals surface area contributed by atoms with Gasteiger partial charge < -0.3 is 5.32 Å². The third kappa shape index (κ3) is 3.17.